The minimum atomic E-state index is -0.583. The fourth-order valence-corrected chi connectivity index (χ4v) is 4.15. The number of nitrogens with zero attached hydrogens (tertiary/aromatic N) is 1. The average molecular weight is 385 g/mol. The van der Waals surface area contributed by atoms with E-state index in [9.17, 15) is 9.59 Å². The summed E-state index contributed by atoms with van der Waals surface area (Å²) in [5.74, 6) is 0.501. The van der Waals surface area contributed by atoms with Crippen molar-refractivity contribution in [2.45, 2.75) is 46.8 Å². The molecule has 27 heavy (non-hydrogen) atoms. The van der Waals surface area contributed by atoms with Gasteiger partial charge in [-0.15, -0.1) is 0 Å². The third kappa shape index (κ3) is 4.22. The third-order valence-electron chi connectivity index (χ3n) is 4.39. The van der Waals surface area contributed by atoms with Crippen LogP contribution < -0.4 is 14.9 Å². The molecule has 0 aliphatic carbocycles. The van der Waals surface area contributed by atoms with E-state index in [0.717, 1.165) is 21.3 Å². The fraction of sp³-hybridized carbons (Fsp3) is 0.333. The average Bonchev–Trinajstić information content (AvgIpc) is 2.92. The molecular weight excluding hydrogens is 360 g/mol. The molecule has 0 fully saturated rings. The molecule has 3 rings (SSSR count). The Morgan fingerprint density at radius 3 is 2.48 bits per heavy atom. The van der Waals surface area contributed by atoms with Crippen molar-refractivity contribution in [3.63, 3.8) is 0 Å². The number of rotatable bonds is 6. The van der Waals surface area contributed by atoms with Crippen molar-refractivity contribution < 1.29 is 9.53 Å². The molecule has 1 atom stereocenters. The van der Waals surface area contributed by atoms with E-state index in [1.807, 2.05) is 58.0 Å². The molecular formula is C21H24N2O3S. The molecule has 0 unspecified atom stereocenters. The molecule has 1 heterocycles. The van der Waals surface area contributed by atoms with E-state index < -0.39 is 6.10 Å². The lowest BCUT2D eigenvalue weighted by atomic mass is 10.1. The van der Waals surface area contributed by atoms with Crippen LogP contribution in [0, 0.1) is 13.8 Å². The number of hydrogen-bond donors (Lipinski definition) is 1. The zero-order valence-electron chi connectivity index (χ0n) is 16.0. The van der Waals surface area contributed by atoms with Crippen LogP contribution in [0.2, 0.25) is 0 Å². The molecule has 0 spiro atoms. The van der Waals surface area contributed by atoms with Crippen LogP contribution >= 0.6 is 11.3 Å². The molecule has 1 N–H and O–H groups in total. The van der Waals surface area contributed by atoms with Gasteiger partial charge in [-0.25, -0.2) is 0 Å². The molecule has 1 amide bonds. The van der Waals surface area contributed by atoms with E-state index in [4.69, 9.17) is 4.74 Å². The molecule has 142 valence electrons. The number of carbonyl (C=O) groups is 1. The first-order valence-corrected chi connectivity index (χ1v) is 9.92. The van der Waals surface area contributed by atoms with E-state index >= 15 is 0 Å². The highest BCUT2D eigenvalue weighted by atomic mass is 32.1. The number of anilines is 1. The van der Waals surface area contributed by atoms with Gasteiger partial charge in [-0.1, -0.05) is 24.3 Å². The summed E-state index contributed by atoms with van der Waals surface area (Å²) in [6, 6.07) is 11.5. The second kappa shape index (κ2) is 7.96. The first-order valence-electron chi connectivity index (χ1n) is 9.10. The third-order valence-corrected chi connectivity index (χ3v) is 5.33. The molecule has 5 nitrogen and oxygen atoms in total. The van der Waals surface area contributed by atoms with Crippen LogP contribution in [-0.2, 0) is 11.3 Å². The lowest BCUT2D eigenvalue weighted by Gasteiger charge is -2.18. The van der Waals surface area contributed by atoms with Gasteiger partial charge in [-0.2, -0.15) is 0 Å². The first kappa shape index (κ1) is 19.2. The Labute approximate surface area is 162 Å². The minimum absolute atomic E-state index is 0.0144. The smallest absolute Gasteiger partial charge is 0.308 e. The van der Waals surface area contributed by atoms with Crippen LogP contribution in [0.1, 0.15) is 31.4 Å². The van der Waals surface area contributed by atoms with Gasteiger partial charge in [0, 0.05) is 12.2 Å². The SMILES string of the molecule is CC[C@H](Oc1cc(C)cc(C)c1)C(=O)Nc1ccc2c(c1)sc(=O)n2CC. The van der Waals surface area contributed by atoms with Gasteiger partial charge in [0.15, 0.2) is 6.10 Å². The number of aromatic nitrogens is 1. The molecule has 2 aromatic carbocycles. The molecule has 3 aromatic rings. The zero-order chi connectivity index (χ0) is 19.6. The quantitative estimate of drug-likeness (QED) is 0.681. The van der Waals surface area contributed by atoms with Crippen molar-refractivity contribution in [3.05, 3.63) is 57.2 Å². The Morgan fingerprint density at radius 1 is 1.15 bits per heavy atom. The number of aryl methyl sites for hydroxylation is 3. The number of nitrogens with one attached hydrogen (secondary N) is 1. The van der Waals surface area contributed by atoms with E-state index in [1.54, 1.807) is 4.57 Å². The van der Waals surface area contributed by atoms with E-state index in [2.05, 4.69) is 11.4 Å². The van der Waals surface area contributed by atoms with Crippen LogP contribution in [-0.4, -0.2) is 16.6 Å². The molecule has 0 aliphatic heterocycles. The fourth-order valence-electron chi connectivity index (χ4n) is 3.15. The Morgan fingerprint density at radius 2 is 1.85 bits per heavy atom. The maximum Gasteiger partial charge on any atom is 0.308 e. The van der Waals surface area contributed by atoms with Crippen molar-refractivity contribution in [2.75, 3.05) is 5.32 Å². The summed E-state index contributed by atoms with van der Waals surface area (Å²) in [5, 5.41) is 2.91. The molecule has 0 aliphatic rings. The van der Waals surface area contributed by atoms with Crippen LogP contribution in [0.5, 0.6) is 5.75 Å². The van der Waals surface area contributed by atoms with Crippen molar-refractivity contribution >= 4 is 33.1 Å². The van der Waals surface area contributed by atoms with Crippen LogP contribution in [0.25, 0.3) is 10.2 Å². The second-order valence-corrected chi connectivity index (χ2v) is 7.62. The van der Waals surface area contributed by atoms with Crippen LogP contribution in [0.15, 0.2) is 41.2 Å². The Balaban J connectivity index is 1.78. The molecule has 1 aromatic heterocycles. The van der Waals surface area contributed by atoms with Gasteiger partial charge in [-0.3, -0.25) is 14.2 Å². The normalized spacial score (nSPS) is 12.1. The summed E-state index contributed by atoms with van der Waals surface area (Å²) in [6.45, 7) is 8.50. The van der Waals surface area contributed by atoms with Gasteiger partial charge in [0.1, 0.15) is 5.75 Å². The molecule has 0 bridgehead atoms. The van der Waals surface area contributed by atoms with Crippen molar-refractivity contribution in [2.24, 2.45) is 0 Å². The van der Waals surface area contributed by atoms with Crippen LogP contribution in [0.4, 0.5) is 5.69 Å². The summed E-state index contributed by atoms with van der Waals surface area (Å²) in [4.78, 5) is 24.7. The van der Waals surface area contributed by atoms with Crippen molar-refractivity contribution in [3.8, 4) is 5.75 Å². The Hall–Kier alpha value is -2.60. The maximum atomic E-state index is 12.7. The molecule has 0 radical (unpaired) electrons. The van der Waals surface area contributed by atoms with Gasteiger partial charge in [0.05, 0.1) is 10.2 Å². The molecule has 6 heteroatoms. The molecule has 0 saturated heterocycles. The zero-order valence-corrected chi connectivity index (χ0v) is 16.9. The predicted octanol–water partition coefficient (Wildman–Crippen LogP) is 4.50. The lowest BCUT2D eigenvalue weighted by molar-refractivity contribution is -0.122. The number of fused-ring (bicyclic) bond motifs is 1. The highest BCUT2D eigenvalue weighted by Crippen LogP contribution is 2.23. The number of hydrogen-bond acceptors (Lipinski definition) is 4. The van der Waals surface area contributed by atoms with Gasteiger partial charge in [0.2, 0.25) is 0 Å². The summed E-state index contributed by atoms with van der Waals surface area (Å²) in [6.07, 6.45) is -0.0264. The van der Waals surface area contributed by atoms with Crippen LogP contribution in [0.3, 0.4) is 0 Å². The first-order chi connectivity index (χ1) is 12.9. The number of carbonyl (C=O) groups excluding carboxylic acids is 1. The number of amides is 1. The molecule has 0 saturated carbocycles. The topological polar surface area (TPSA) is 60.3 Å². The summed E-state index contributed by atoms with van der Waals surface area (Å²) < 4.78 is 8.51. The Bertz CT molecular complexity index is 1020. The second-order valence-electron chi connectivity index (χ2n) is 6.62. The van der Waals surface area contributed by atoms with Gasteiger partial charge < -0.3 is 10.1 Å². The van der Waals surface area contributed by atoms with Gasteiger partial charge in [-0.05, 0) is 68.7 Å². The van der Waals surface area contributed by atoms with Crippen molar-refractivity contribution in [1.29, 1.82) is 0 Å². The largest absolute Gasteiger partial charge is 0.481 e. The van der Waals surface area contributed by atoms with Gasteiger partial charge in [0.25, 0.3) is 5.91 Å². The predicted molar refractivity (Wildman–Crippen MR) is 111 cm³/mol. The van der Waals surface area contributed by atoms with Crippen molar-refractivity contribution in [1.82, 2.24) is 4.57 Å². The number of ether oxygens (including phenoxy) is 1. The minimum Gasteiger partial charge on any atom is -0.481 e. The monoisotopic (exact) mass is 384 g/mol. The highest BCUT2D eigenvalue weighted by Gasteiger charge is 2.19. The highest BCUT2D eigenvalue weighted by molar-refractivity contribution is 7.16. The Kier molecular flexibility index (Phi) is 5.65. The van der Waals surface area contributed by atoms with Gasteiger partial charge >= 0.3 is 4.87 Å². The number of benzene rings is 2. The summed E-state index contributed by atoms with van der Waals surface area (Å²) in [5.41, 5.74) is 3.76. The standard InChI is InChI=1S/C21H24N2O3S/c1-5-18(26-16-10-13(3)9-14(4)11-16)20(24)22-15-7-8-17-19(12-15)27-21(25)23(17)6-2/h7-12,18H,5-6H2,1-4H3,(H,22,24)/t18-/m0/s1. The number of thiazole rings is 1. The van der Waals surface area contributed by atoms with E-state index in [0.29, 0.717) is 24.4 Å². The maximum absolute atomic E-state index is 12.7. The van der Waals surface area contributed by atoms with E-state index in [1.165, 1.54) is 11.3 Å². The lowest BCUT2D eigenvalue weighted by Crippen LogP contribution is -2.32. The summed E-state index contributed by atoms with van der Waals surface area (Å²) in [7, 11) is 0. The summed E-state index contributed by atoms with van der Waals surface area (Å²) >= 11 is 1.19. The van der Waals surface area contributed by atoms with E-state index in [-0.39, 0.29) is 10.8 Å².